The molecule has 15 heteroatoms. The highest BCUT2D eigenvalue weighted by Gasteiger charge is 2.40. The number of pyridine rings is 1. The van der Waals surface area contributed by atoms with E-state index in [4.69, 9.17) is 31.8 Å². The van der Waals surface area contributed by atoms with Crippen LogP contribution in [-0.4, -0.2) is 102 Å². The van der Waals surface area contributed by atoms with Crippen molar-refractivity contribution in [1.82, 2.24) is 30.1 Å². The van der Waals surface area contributed by atoms with Crippen molar-refractivity contribution in [3.8, 4) is 34.9 Å². The van der Waals surface area contributed by atoms with Crippen LogP contribution in [0.1, 0.15) is 30.4 Å². The number of piperazine rings is 1. The lowest BCUT2D eigenvalue weighted by Crippen LogP contribution is -2.56. The summed E-state index contributed by atoms with van der Waals surface area (Å²) >= 11 is 6.94. The minimum Gasteiger partial charge on any atom is -0.489 e. The lowest BCUT2D eigenvalue weighted by atomic mass is 9.99. The van der Waals surface area contributed by atoms with Crippen LogP contribution < -0.4 is 25.4 Å². The van der Waals surface area contributed by atoms with Crippen molar-refractivity contribution >= 4 is 40.0 Å². The fourth-order valence-corrected chi connectivity index (χ4v) is 7.35. The second-order valence-corrected chi connectivity index (χ2v) is 13.2. The maximum Gasteiger partial charge on any atom is 0.418 e. The van der Waals surface area contributed by atoms with E-state index in [1.165, 1.54) is 19.1 Å². The van der Waals surface area contributed by atoms with Crippen molar-refractivity contribution in [2.75, 3.05) is 70.2 Å². The number of hydrogen-bond acceptors (Lipinski definition) is 10. The first-order valence-electron chi connectivity index (χ1n) is 16.1. The quantitative estimate of drug-likeness (QED) is 0.393. The first-order chi connectivity index (χ1) is 23.0. The molecule has 2 aromatic heterocycles. The molecule has 4 aliphatic heterocycles. The average molecular weight is 685 g/mol. The zero-order chi connectivity index (χ0) is 33.7. The molecule has 0 spiro atoms. The molecule has 3 saturated heterocycles. The molecule has 1 amide bonds. The Morgan fingerprint density at radius 3 is 2.77 bits per heavy atom. The first-order valence-corrected chi connectivity index (χ1v) is 16.5. The van der Waals surface area contributed by atoms with E-state index in [1.807, 2.05) is 11.9 Å². The number of alkyl halides is 3. The summed E-state index contributed by atoms with van der Waals surface area (Å²) in [4.78, 5) is 32.7. The van der Waals surface area contributed by atoms with Crippen molar-refractivity contribution in [3.05, 3.63) is 28.3 Å². The number of anilines is 2. The van der Waals surface area contributed by atoms with Gasteiger partial charge in [0.15, 0.2) is 5.75 Å². The molecule has 11 nitrogen and oxygen atoms in total. The Morgan fingerprint density at radius 1 is 1.21 bits per heavy atom. The van der Waals surface area contributed by atoms with Gasteiger partial charge in [0, 0.05) is 43.7 Å². The second kappa shape index (κ2) is 12.8. The van der Waals surface area contributed by atoms with Crippen LogP contribution in [0.5, 0.6) is 11.8 Å². The second-order valence-electron chi connectivity index (χ2n) is 12.8. The normalized spacial score (nSPS) is 22.6. The molecule has 3 N–H and O–H groups in total. The predicted octanol–water partition coefficient (Wildman–Crippen LogP) is 3.75. The van der Waals surface area contributed by atoms with Crippen molar-refractivity contribution in [1.29, 1.82) is 0 Å². The minimum absolute atomic E-state index is 0.0265. The van der Waals surface area contributed by atoms with Gasteiger partial charge in [-0.05, 0) is 69.9 Å². The standard InChI is InChI=1S/C33H36ClF3N8O3/c1-18-12-24(38)41-29(27(18)33(35,36)37)22-13-23-26-30(28(22)34)47-17-21-15-44(25(46)6-5-19-7-8-39-14-19)10-11-45(21)31(26)42-32(40-23)48-16-20-4-3-9-43(20)2/h12-13,19-21,39H,3-4,7-11,14-17H2,1-2H3,(H2,38,41)/t19?,20-,21-/m0/s1. The van der Waals surface area contributed by atoms with Crippen LogP contribution in [0.4, 0.5) is 24.8 Å². The number of halogens is 4. The topological polar surface area (TPSA) is 122 Å². The van der Waals surface area contributed by atoms with Gasteiger partial charge in [-0.2, -0.15) is 23.1 Å². The van der Waals surface area contributed by atoms with E-state index in [-0.39, 0.29) is 69.8 Å². The lowest BCUT2D eigenvalue weighted by molar-refractivity contribution is -0.137. The number of benzene rings is 1. The zero-order valence-electron chi connectivity index (χ0n) is 26.7. The van der Waals surface area contributed by atoms with Crippen LogP contribution >= 0.6 is 11.6 Å². The number of likely N-dealkylation sites (N-methyl/N-ethyl adjacent to an activating group) is 1. The van der Waals surface area contributed by atoms with Gasteiger partial charge in [-0.3, -0.25) is 4.79 Å². The zero-order valence-corrected chi connectivity index (χ0v) is 27.4. The Bertz CT molecular complexity index is 1820. The number of nitrogens with one attached hydrogen (secondary N) is 1. The Morgan fingerprint density at radius 2 is 2.04 bits per heavy atom. The fraction of sp³-hybridized carbons (Fsp3) is 0.515. The molecule has 0 bridgehead atoms. The van der Waals surface area contributed by atoms with E-state index >= 15 is 0 Å². The Kier molecular flexibility index (Phi) is 8.63. The molecular weight excluding hydrogens is 649 g/mol. The van der Waals surface area contributed by atoms with Crippen LogP contribution in [-0.2, 0) is 11.0 Å². The molecule has 6 heterocycles. The first kappa shape index (κ1) is 32.5. The summed E-state index contributed by atoms with van der Waals surface area (Å²) in [6, 6.07) is 2.56. The number of nitrogens with zero attached hydrogens (tertiary/aromatic N) is 6. The van der Waals surface area contributed by atoms with Gasteiger partial charge in [-0.1, -0.05) is 17.5 Å². The van der Waals surface area contributed by atoms with Gasteiger partial charge in [-0.15, -0.1) is 0 Å². The highest BCUT2D eigenvalue weighted by molar-refractivity contribution is 6.36. The molecule has 0 saturated carbocycles. The molecule has 4 aliphatic rings. The number of nitrogens with two attached hydrogens (primary N) is 1. The minimum atomic E-state index is -4.74. The summed E-state index contributed by atoms with van der Waals surface area (Å²) in [5, 5.41) is 3.63. The Balaban J connectivity index is 1.31. The van der Waals surface area contributed by atoms with Crippen molar-refractivity contribution < 1.29 is 27.4 Å². The van der Waals surface area contributed by atoms with Crippen LogP contribution in [0.2, 0.25) is 5.02 Å². The largest absolute Gasteiger partial charge is 0.489 e. The lowest BCUT2D eigenvalue weighted by Gasteiger charge is -2.40. The van der Waals surface area contributed by atoms with Crippen molar-refractivity contribution in [2.24, 2.45) is 5.92 Å². The summed E-state index contributed by atoms with van der Waals surface area (Å²) in [6.45, 7) is 5.48. The summed E-state index contributed by atoms with van der Waals surface area (Å²) < 4.78 is 55.8. The Labute approximate surface area is 280 Å². The van der Waals surface area contributed by atoms with Crippen LogP contribution in [0.3, 0.4) is 0 Å². The fourth-order valence-electron chi connectivity index (χ4n) is 7.05. The number of ether oxygens (including phenoxy) is 2. The number of carbonyl (C=O) groups is 1. The van der Waals surface area contributed by atoms with E-state index < -0.39 is 17.4 Å². The summed E-state index contributed by atoms with van der Waals surface area (Å²) in [5.74, 6) is 6.33. The number of rotatable bonds is 4. The summed E-state index contributed by atoms with van der Waals surface area (Å²) in [6.07, 6.45) is -1.81. The monoisotopic (exact) mass is 684 g/mol. The number of nitrogen functional groups attached to an aromatic ring is 1. The van der Waals surface area contributed by atoms with E-state index in [1.54, 1.807) is 4.90 Å². The van der Waals surface area contributed by atoms with Crippen molar-refractivity contribution in [2.45, 2.75) is 44.4 Å². The molecule has 3 fully saturated rings. The van der Waals surface area contributed by atoms with E-state index in [0.717, 1.165) is 38.9 Å². The number of carbonyl (C=O) groups excluding carboxylic acids is 1. The van der Waals surface area contributed by atoms with Gasteiger partial charge in [-0.25, -0.2) is 4.98 Å². The highest BCUT2D eigenvalue weighted by Crippen LogP contribution is 2.49. The van der Waals surface area contributed by atoms with Crippen LogP contribution in [0.25, 0.3) is 22.2 Å². The van der Waals surface area contributed by atoms with E-state index in [2.05, 4.69) is 32.0 Å². The molecule has 1 aromatic carbocycles. The number of amides is 1. The third-order valence-electron chi connectivity index (χ3n) is 9.60. The number of likely N-dealkylation sites (tertiary alicyclic amines) is 1. The molecule has 254 valence electrons. The summed E-state index contributed by atoms with van der Waals surface area (Å²) in [5.41, 5.74) is 4.76. The molecule has 7 rings (SSSR count). The van der Waals surface area contributed by atoms with Gasteiger partial charge in [0.1, 0.15) is 24.8 Å². The SMILES string of the molecule is Cc1cc(N)nc(-c2cc3nc(OC[C@@H]4CCCN4C)nc4c3c(c2Cl)OC[C@@H]2CN(C(=O)C#CC3CCNC3)CCN42)c1C(F)(F)F. The molecule has 0 aliphatic carbocycles. The van der Waals surface area contributed by atoms with Crippen molar-refractivity contribution in [3.63, 3.8) is 0 Å². The number of aryl methyl sites for hydroxylation is 1. The highest BCUT2D eigenvalue weighted by atomic mass is 35.5. The number of fused-ring (bicyclic) bond motifs is 2. The summed E-state index contributed by atoms with van der Waals surface area (Å²) in [7, 11) is 2.04. The molecule has 48 heavy (non-hydrogen) atoms. The third-order valence-corrected chi connectivity index (χ3v) is 9.97. The van der Waals surface area contributed by atoms with E-state index in [9.17, 15) is 18.0 Å². The molecule has 1 unspecified atom stereocenters. The number of hydrogen-bond donors (Lipinski definition) is 2. The molecular formula is C33H36ClF3N8O3. The third kappa shape index (κ3) is 6.15. The van der Waals surface area contributed by atoms with Gasteiger partial charge < -0.3 is 35.2 Å². The van der Waals surface area contributed by atoms with Gasteiger partial charge in [0.25, 0.3) is 5.91 Å². The maximum absolute atomic E-state index is 14.4. The van der Waals surface area contributed by atoms with Gasteiger partial charge >= 0.3 is 12.2 Å². The van der Waals surface area contributed by atoms with Gasteiger partial charge in [0.2, 0.25) is 0 Å². The van der Waals surface area contributed by atoms with Gasteiger partial charge in [0.05, 0.1) is 33.2 Å². The predicted molar refractivity (Wildman–Crippen MR) is 175 cm³/mol. The van der Waals surface area contributed by atoms with E-state index in [0.29, 0.717) is 37.4 Å². The number of aromatic nitrogens is 3. The smallest absolute Gasteiger partial charge is 0.418 e. The molecule has 3 atom stereocenters. The molecule has 0 radical (unpaired) electrons. The van der Waals surface area contributed by atoms with Crippen LogP contribution in [0, 0.1) is 24.7 Å². The molecule has 3 aromatic rings. The average Bonchev–Trinajstić information content (AvgIpc) is 3.68. The van der Waals surface area contributed by atoms with Crippen LogP contribution in [0.15, 0.2) is 12.1 Å². The maximum atomic E-state index is 14.4. The Hall–Kier alpha value is -4.06.